The fourth-order valence-electron chi connectivity index (χ4n) is 3.84. The van der Waals surface area contributed by atoms with E-state index in [1.54, 1.807) is 17.6 Å². The first-order valence-corrected chi connectivity index (χ1v) is 11.1. The lowest BCUT2D eigenvalue weighted by Gasteiger charge is -2.21. The molecule has 3 heterocycles. The van der Waals surface area contributed by atoms with E-state index in [-0.39, 0.29) is 12.4 Å². The van der Waals surface area contributed by atoms with E-state index in [2.05, 4.69) is 4.99 Å². The van der Waals surface area contributed by atoms with Crippen LogP contribution in [-0.2, 0) is 9.53 Å². The molecule has 0 aliphatic carbocycles. The molecule has 3 aromatic rings. The highest BCUT2D eigenvalue weighted by Gasteiger charge is 2.30. The molecule has 33 heavy (non-hydrogen) atoms. The Morgan fingerprint density at radius 2 is 1.94 bits per heavy atom. The van der Waals surface area contributed by atoms with Crippen LogP contribution in [0.5, 0.6) is 11.5 Å². The Morgan fingerprint density at radius 1 is 1.15 bits per heavy atom. The van der Waals surface area contributed by atoms with Crippen molar-refractivity contribution in [1.82, 2.24) is 4.57 Å². The highest BCUT2D eigenvalue weighted by atomic mass is 32.1. The van der Waals surface area contributed by atoms with E-state index in [0.717, 1.165) is 11.1 Å². The zero-order chi connectivity index (χ0) is 22.9. The van der Waals surface area contributed by atoms with Gasteiger partial charge in [-0.2, -0.15) is 0 Å². The Morgan fingerprint density at radius 3 is 2.73 bits per heavy atom. The number of fused-ring (bicyclic) bond motifs is 2. The summed E-state index contributed by atoms with van der Waals surface area (Å²) in [6.45, 7) is 1.94. The number of aromatic nitrogens is 1. The molecule has 0 spiro atoms. The normalized spacial score (nSPS) is 17.3. The number of methoxy groups -OCH3 is 1. The van der Waals surface area contributed by atoms with Gasteiger partial charge in [0.15, 0.2) is 16.3 Å². The first-order valence-electron chi connectivity index (χ1n) is 10.3. The molecule has 0 saturated heterocycles. The average molecular weight is 461 g/mol. The number of nitrogens with zero attached hydrogens (tertiary/aromatic N) is 2. The molecule has 2 aliphatic rings. The molecule has 0 N–H and O–H groups in total. The second-order valence-electron chi connectivity index (χ2n) is 7.50. The first-order chi connectivity index (χ1) is 16.0. The summed E-state index contributed by atoms with van der Waals surface area (Å²) in [6.07, 6.45) is 5.52. The van der Waals surface area contributed by atoms with E-state index in [4.69, 9.17) is 14.2 Å². The second kappa shape index (κ2) is 8.55. The molecule has 1 aromatic heterocycles. The minimum absolute atomic E-state index is 0.185. The third-order valence-electron chi connectivity index (χ3n) is 5.43. The van der Waals surface area contributed by atoms with E-state index in [0.29, 0.717) is 32.1 Å². The summed E-state index contributed by atoms with van der Waals surface area (Å²) < 4.78 is 17.8. The maximum Gasteiger partial charge on any atom is 0.338 e. The van der Waals surface area contributed by atoms with Gasteiger partial charge in [-0.15, -0.1) is 0 Å². The number of carbonyl (C=O) groups is 1. The van der Waals surface area contributed by atoms with Crippen molar-refractivity contribution in [2.24, 2.45) is 4.99 Å². The number of thiazole rings is 1. The number of rotatable bonds is 4. The van der Waals surface area contributed by atoms with E-state index in [1.807, 2.05) is 60.7 Å². The topological polar surface area (TPSA) is 79.1 Å². The quantitative estimate of drug-likeness (QED) is 0.560. The molecule has 5 rings (SSSR count). The monoisotopic (exact) mass is 460 g/mol. The van der Waals surface area contributed by atoms with Crippen LogP contribution in [0, 0.1) is 0 Å². The van der Waals surface area contributed by atoms with Crippen molar-refractivity contribution < 1.29 is 19.0 Å². The van der Waals surface area contributed by atoms with Gasteiger partial charge >= 0.3 is 5.97 Å². The van der Waals surface area contributed by atoms with Crippen molar-refractivity contribution in [3.05, 3.63) is 96.7 Å². The molecule has 0 fully saturated rings. The molecule has 166 valence electrons. The lowest BCUT2D eigenvalue weighted by Crippen LogP contribution is -2.38. The third-order valence-corrected chi connectivity index (χ3v) is 6.42. The summed E-state index contributed by atoms with van der Waals surface area (Å²) in [5.74, 6) is 0.811. The zero-order valence-corrected chi connectivity index (χ0v) is 18.8. The standard InChI is InChI=1S/C25H20N2O5S/c1-15-22(24(29)30-2)18(10-8-16-6-4-3-5-7-16)27-23(28)21(33-25(27)26-15)13-17-9-11-19-20(12-17)32-14-31-19/h3-13,18H,14H2,1-2H3/b10-8+,21-13-. The molecule has 1 atom stereocenters. The Labute approximate surface area is 193 Å². The lowest BCUT2D eigenvalue weighted by atomic mass is 10.0. The van der Waals surface area contributed by atoms with Crippen LogP contribution < -0.4 is 24.4 Å². The molecule has 7 nitrogen and oxygen atoms in total. The molecule has 0 radical (unpaired) electrons. The van der Waals surface area contributed by atoms with Crippen molar-refractivity contribution in [1.29, 1.82) is 0 Å². The van der Waals surface area contributed by atoms with Gasteiger partial charge in [-0.1, -0.05) is 59.9 Å². The van der Waals surface area contributed by atoms with Crippen LogP contribution in [0.4, 0.5) is 0 Å². The minimum Gasteiger partial charge on any atom is -0.466 e. The fourth-order valence-corrected chi connectivity index (χ4v) is 4.89. The van der Waals surface area contributed by atoms with Gasteiger partial charge in [0.1, 0.15) is 0 Å². The summed E-state index contributed by atoms with van der Waals surface area (Å²) in [6, 6.07) is 14.6. The summed E-state index contributed by atoms with van der Waals surface area (Å²) in [4.78, 5) is 31.1. The van der Waals surface area contributed by atoms with Crippen LogP contribution >= 0.6 is 11.3 Å². The molecular formula is C25H20N2O5S. The molecule has 8 heteroatoms. The van der Waals surface area contributed by atoms with Crippen molar-refractivity contribution in [2.75, 3.05) is 13.9 Å². The molecule has 2 aliphatic heterocycles. The van der Waals surface area contributed by atoms with Crippen LogP contribution in [0.2, 0.25) is 0 Å². The second-order valence-corrected chi connectivity index (χ2v) is 8.51. The number of ether oxygens (including phenoxy) is 3. The van der Waals surface area contributed by atoms with E-state index in [9.17, 15) is 9.59 Å². The van der Waals surface area contributed by atoms with Gasteiger partial charge in [-0.25, -0.2) is 9.79 Å². The molecule has 0 bridgehead atoms. The molecule has 1 unspecified atom stereocenters. The maximum absolute atomic E-state index is 13.5. The van der Waals surface area contributed by atoms with Gasteiger partial charge in [-0.3, -0.25) is 9.36 Å². The van der Waals surface area contributed by atoms with Gasteiger partial charge in [0.25, 0.3) is 5.56 Å². The van der Waals surface area contributed by atoms with E-state index >= 15 is 0 Å². The van der Waals surface area contributed by atoms with Crippen molar-refractivity contribution >= 4 is 29.5 Å². The van der Waals surface area contributed by atoms with E-state index < -0.39 is 12.0 Å². The fraction of sp³-hybridized carbons (Fsp3) is 0.160. The Kier molecular flexibility index (Phi) is 5.43. The van der Waals surface area contributed by atoms with Crippen LogP contribution in [-0.4, -0.2) is 24.4 Å². The summed E-state index contributed by atoms with van der Waals surface area (Å²) >= 11 is 1.28. The predicted octanol–water partition coefficient (Wildman–Crippen LogP) is 2.80. The largest absolute Gasteiger partial charge is 0.466 e. The lowest BCUT2D eigenvalue weighted by molar-refractivity contribution is -0.136. The number of benzene rings is 2. The zero-order valence-electron chi connectivity index (χ0n) is 18.0. The number of esters is 1. The van der Waals surface area contributed by atoms with Crippen molar-refractivity contribution in [2.45, 2.75) is 13.0 Å². The van der Waals surface area contributed by atoms with Crippen LogP contribution in [0.15, 0.2) is 75.7 Å². The maximum atomic E-state index is 13.5. The van der Waals surface area contributed by atoms with Crippen molar-refractivity contribution in [3.8, 4) is 11.5 Å². The minimum atomic E-state index is -0.632. The summed E-state index contributed by atoms with van der Waals surface area (Å²) in [7, 11) is 1.32. The number of hydrogen-bond acceptors (Lipinski definition) is 7. The SMILES string of the molecule is COC(=O)C1=C(C)N=c2s/c(=C\c3ccc4c(c3)OCO4)c(=O)n2C1/C=C/c1ccccc1. The molecule has 0 amide bonds. The van der Waals surface area contributed by atoms with Gasteiger partial charge in [0, 0.05) is 0 Å². The third kappa shape index (κ3) is 3.89. The number of allylic oxidation sites excluding steroid dienone is 2. The highest BCUT2D eigenvalue weighted by Crippen LogP contribution is 2.32. The Hall–Kier alpha value is -3.91. The van der Waals surface area contributed by atoms with Crippen molar-refractivity contribution in [3.63, 3.8) is 0 Å². The molecule has 2 aromatic carbocycles. The number of carbonyl (C=O) groups excluding carboxylic acids is 1. The van der Waals surface area contributed by atoms with E-state index in [1.165, 1.54) is 18.4 Å². The predicted molar refractivity (Wildman–Crippen MR) is 125 cm³/mol. The number of hydrogen-bond donors (Lipinski definition) is 0. The van der Waals surface area contributed by atoms with Gasteiger partial charge < -0.3 is 14.2 Å². The molecule has 0 saturated carbocycles. The Balaban J connectivity index is 1.64. The average Bonchev–Trinajstić information content (AvgIpc) is 3.41. The van der Waals surface area contributed by atoms with Crippen LogP contribution in [0.1, 0.15) is 24.1 Å². The van der Waals surface area contributed by atoms with Gasteiger partial charge in [0.2, 0.25) is 6.79 Å². The summed E-state index contributed by atoms with van der Waals surface area (Å²) in [5, 5.41) is 0. The smallest absolute Gasteiger partial charge is 0.338 e. The van der Waals surface area contributed by atoms with Crippen LogP contribution in [0.25, 0.3) is 12.2 Å². The molecular weight excluding hydrogens is 440 g/mol. The van der Waals surface area contributed by atoms with Gasteiger partial charge in [-0.05, 0) is 36.3 Å². The van der Waals surface area contributed by atoms with Crippen LogP contribution in [0.3, 0.4) is 0 Å². The van der Waals surface area contributed by atoms with Gasteiger partial charge in [0.05, 0.1) is 29.0 Å². The first kappa shape index (κ1) is 21.0. The highest BCUT2D eigenvalue weighted by molar-refractivity contribution is 7.07. The Bertz CT molecular complexity index is 1480. The summed E-state index contributed by atoms with van der Waals surface area (Å²) in [5.41, 5.74) is 2.41.